The molecule has 15 heavy (non-hydrogen) atoms. The average molecular weight is 246 g/mol. The number of aliphatic carboxylic acids is 1. The van der Waals surface area contributed by atoms with Gasteiger partial charge in [0.05, 0.1) is 0 Å². The fraction of sp³-hybridized carbons (Fsp3) is 0.300. The molecule has 3 N–H and O–H groups in total. The number of hydrogen-bond donors (Lipinski definition) is 2. The highest BCUT2D eigenvalue weighted by molar-refractivity contribution is 7.99. The molecule has 0 fully saturated rings. The van der Waals surface area contributed by atoms with E-state index in [1.165, 1.54) is 11.8 Å². The topological polar surface area (TPSA) is 63.3 Å². The van der Waals surface area contributed by atoms with Gasteiger partial charge in [-0.05, 0) is 30.7 Å². The summed E-state index contributed by atoms with van der Waals surface area (Å²) in [4.78, 5) is 11.5. The van der Waals surface area contributed by atoms with Crippen molar-refractivity contribution in [3.63, 3.8) is 0 Å². The molecular formula is C10H12ClNO2S. The Labute approximate surface area is 97.6 Å². The Morgan fingerprint density at radius 2 is 2.33 bits per heavy atom. The second-order valence-corrected chi connectivity index (χ2v) is 4.67. The minimum absolute atomic E-state index is 0.358. The zero-order chi connectivity index (χ0) is 11.4. The van der Waals surface area contributed by atoms with Crippen LogP contribution in [-0.2, 0) is 4.79 Å². The van der Waals surface area contributed by atoms with Crippen LogP contribution in [0.5, 0.6) is 0 Å². The van der Waals surface area contributed by atoms with Crippen molar-refractivity contribution in [3.05, 3.63) is 28.8 Å². The van der Waals surface area contributed by atoms with E-state index in [0.29, 0.717) is 10.8 Å². The summed E-state index contributed by atoms with van der Waals surface area (Å²) < 4.78 is 0. The summed E-state index contributed by atoms with van der Waals surface area (Å²) in [7, 11) is 0. The molecule has 82 valence electrons. The minimum Gasteiger partial charge on any atom is -0.480 e. The quantitative estimate of drug-likeness (QED) is 0.798. The van der Waals surface area contributed by atoms with E-state index in [4.69, 9.17) is 22.4 Å². The van der Waals surface area contributed by atoms with Crippen LogP contribution in [-0.4, -0.2) is 22.9 Å². The van der Waals surface area contributed by atoms with E-state index in [9.17, 15) is 4.79 Å². The maximum atomic E-state index is 10.5. The first kappa shape index (κ1) is 12.4. The van der Waals surface area contributed by atoms with Gasteiger partial charge in [0.1, 0.15) is 6.04 Å². The van der Waals surface area contributed by atoms with Crippen LogP contribution in [0, 0.1) is 6.92 Å². The van der Waals surface area contributed by atoms with Crippen LogP contribution in [0.2, 0.25) is 5.02 Å². The number of carboxylic acid groups (broad SMARTS) is 1. The summed E-state index contributed by atoms with van der Waals surface area (Å²) >= 11 is 7.28. The maximum Gasteiger partial charge on any atom is 0.321 e. The van der Waals surface area contributed by atoms with E-state index < -0.39 is 12.0 Å². The first-order valence-electron chi connectivity index (χ1n) is 4.38. The van der Waals surface area contributed by atoms with Gasteiger partial charge >= 0.3 is 5.97 Å². The fourth-order valence-electron chi connectivity index (χ4n) is 0.964. The minimum atomic E-state index is -0.979. The van der Waals surface area contributed by atoms with E-state index in [0.717, 1.165) is 10.5 Å². The van der Waals surface area contributed by atoms with Crippen LogP contribution in [0.3, 0.4) is 0 Å². The smallest absolute Gasteiger partial charge is 0.321 e. The summed E-state index contributed by atoms with van der Waals surface area (Å²) in [6, 6.07) is 4.74. The molecule has 1 aromatic rings. The van der Waals surface area contributed by atoms with Crippen molar-refractivity contribution in [2.75, 3.05) is 5.75 Å². The van der Waals surface area contributed by atoms with E-state index in [1.54, 1.807) is 6.07 Å². The van der Waals surface area contributed by atoms with Crippen LogP contribution >= 0.6 is 23.4 Å². The third-order valence-electron chi connectivity index (χ3n) is 1.88. The molecule has 0 radical (unpaired) electrons. The summed E-state index contributed by atoms with van der Waals surface area (Å²) in [5.74, 6) is -0.621. The van der Waals surface area contributed by atoms with Gasteiger partial charge in [0.15, 0.2) is 0 Å². The van der Waals surface area contributed by atoms with Gasteiger partial charge in [-0.1, -0.05) is 11.6 Å². The highest BCUT2D eigenvalue weighted by atomic mass is 35.5. The molecule has 0 amide bonds. The molecule has 0 aliphatic rings. The SMILES string of the molecule is Cc1cc(SCC(N)C(=O)O)ccc1Cl. The van der Waals surface area contributed by atoms with E-state index in [1.807, 2.05) is 19.1 Å². The van der Waals surface area contributed by atoms with Crippen LogP contribution < -0.4 is 5.73 Å². The van der Waals surface area contributed by atoms with Crippen molar-refractivity contribution in [2.24, 2.45) is 5.73 Å². The molecule has 0 bridgehead atoms. The van der Waals surface area contributed by atoms with Gasteiger partial charge in [0, 0.05) is 15.7 Å². The molecule has 1 rings (SSSR count). The molecule has 5 heteroatoms. The van der Waals surface area contributed by atoms with Crippen molar-refractivity contribution < 1.29 is 9.90 Å². The lowest BCUT2D eigenvalue weighted by Crippen LogP contribution is -2.32. The van der Waals surface area contributed by atoms with Crippen molar-refractivity contribution in [1.29, 1.82) is 0 Å². The Bertz CT molecular complexity index is 370. The number of carbonyl (C=O) groups is 1. The zero-order valence-corrected chi connectivity index (χ0v) is 9.81. The molecular weight excluding hydrogens is 234 g/mol. The van der Waals surface area contributed by atoms with Gasteiger partial charge in [-0.3, -0.25) is 4.79 Å². The van der Waals surface area contributed by atoms with E-state index >= 15 is 0 Å². The second-order valence-electron chi connectivity index (χ2n) is 3.17. The standard InChI is InChI=1S/C10H12ClNO2S/c1-6-4-7(2-3-8(6)11)15-5-9(12)10(13)14/h2-4,9H,5,12H2,1H3,(H,13,14). The van der Waals surface area contributed by atoms with Gasteiger partial charge in [-0.15, -0.1) is 11.8 Å². The number of nitrogens with two attached hydrogens (primary N) is 1. The largest absolute Gasteiger partial charge is 0.480 e. The van der Waals surface area contributed by atoms with E-state index in [2.05, 4.69) is 0 Å². The molecule has 3 nitrogen and oxygen atoms in total. The molecule has 0 aromatic heterocycles. The second kappa shape index (κ2) is 5.39. The molecule has 1 aromatic carbocycles. The van der Waals surface area contributed by atoms with Gasteiger partial charge < -0.3 is 10.8 Å². The lowest BCUT2D eigenvalue weighted by molar-refractivity contribution is -0.137. The van der Waals surface area contributed by atoms with Gasteiger partial charge in [-0.2, -0.15) is 0 Å². The predicted molar refractivity (Wildman–Crippen MR) is 62.5 cm³/mol. The molecule has 0 heterocycles. The Balaban J connectivity index is 2.58. The number of hydrogen-bond acceptors (Lipinski definition) is 3. The van der Waals surface area contributed by atoms with Gasteiger partial charge in [0.25, 0.3) is 0 Å². The number of carboxylic acids is 1. The number of halogens is 1. The van der Waals surface area contributed by atoms with Crippen molar-refractivity contribution in [1.82, 2.24) is 0 Å². The first-order chi connectivity index (χ1) is 7.00. The van der Waals surface area contributed by atoms with Gasteiger partial charge in [-0.25, -0.2) is 0 Å². The van der Waals surface area contributed by atoms with Crippen molar-refractivity contribution >= 4 is 29.3 Å². The van der Waals surface area contributed by atoms with Crippen molar-refractivity contribution in [2.45, 2.75) is 17.9 Å². The molecule has 0 saturated heterocycles. The third-order valence-corrected chi connectivity index (χ3v) is 3.41. The molecule has 1 unspecified atom stereocenters. The highest BCUT2D eigenvalue weighted by Crippen LogP contribution is 2.24. The normalized spacial score (nSPS) is 12.5. The Morgan fingerprint density at radius 3 is 2.87 bits per heavy atom. The Hall–Kier alpha value is -0.710. The summed E-state index contributed by atoms with van der Waals surface area (Å²) in [6.07, 6.45) is 0. The Morgan fingerprint density at radius 1 is 1.67 bits per heavy atom. The van der Waals surface area contributed by atoms with Gasteiger partial charge in [0.2, 0.25) is 0 Å². The lowest BCUT2D eigenvalue weighted by atomic mass is 10.2. The van der Waals surface area contributed by atoms with Crippen molar-refractivity contribution in [3.8, 4) is 0 Å². The Kier molecular flexibility index (Phi) is 4.45. The zero-order valence-electron chi connectivity index (χ0n) is 8.24. The first-order valence-corrected chi connectivity index (χ1v) is 5.74. The summed E-state index contributed by atoms with van der Waals surface area (Å²) in [6.45, 7) is 1.91. The average Bonchev–Trinajstić information content (AvgIpc) is 2.19. The predicted octanol–water partition coefficient (Wildman–Crippen LogP) is 2.15. The fourth-order valence-corrected chi connectivity index (χ4v) is 2.02. The molecule has 0 aliphatic heterocycles. The maximum absolute atomic E-state index is 10.5. The van der Waals surface area contributed by atoms with E-state index in [-0.39, 0.29) is 0 Å². The number of benzene rings is 1. The van der Waals surface area contributed by atoms with Crippen LogP contribution in [0.4, 0.5) is 0 Å². The summed E-state index contributed by atoms with van der Waals surface area (Å²) in [5, 5.41) is 9.31. The van der Waals surface area contributed by atoms with Crippen LogP contribution in [0.1, 0.15) is 5.56 Å². The third kappa shape index (κ3) is 3.74. The molecule has 1 atom stereocenters. The van der Waals surface area contributed by atoms with Crippen LogP contribution in [0.15, 0.2) is 23.1 Å². The highest BCUT2D eigenvalue weighted by Gasteiger charge is 2.11. The summed E-state index contributed by atoms with van der Waals surface area (Å²) in [5.41, 5.74) is 6.36. The number of aryl methyl sites for hydroxylation is 1. The molecule has 0 saturated carbocycles. The monoisotopic (exact) mass is 245 g/mol. The lowest BCUT2D eigenvalue weighted by Gasteiger charge is -2.07. The molecule has 0 spiro atoms. The molecule has 0 aliphatic carbocycles. The number of thioether (sulfide) groups is 1. The van der Waals surface area contributed by atoms with Crippen LogP contribution in [0.25, 0.3) is 0 Å². The number of rotatable bonds is 4.